The molecule has 2 bridgehead atoms. The fraction of sp³-hybridized carbons (Fsp3) is 0.476. The van der Waals surface area contributed by atoms with E-state index in [0.29, 0.717) is 18.6 Å². The van der Waals surface area contributed by atoms with E-state index in [1.54, 1.807) is 12.1 Å². The minimum Gasteiger partial charge on any atom is -0.504 e. The van der Waals surface area contributed by atoms with Crippen molar-refractivity contribution >= 4 is 0 Å². The van der Waals surface area contributed by atoms with Gasteiger partial charge in [0.1, 0.15) is 6.10 Å². The Balaban J connectivity index is 1.43. The van der Waals surface area contributed by atoms with Crippen molar-refractivity contribution in [2.75, 3.05) is 0 Å². The second kappa shape index (κ2) is 7.74. The van der Waals surface area contributed by atoms with Crippen LogP contribution in [-0.2, 0) is 6.18 Å². The number of aromatic hydroxyl groups is 1. The molecule has 4 rings (SSSR count). The van der Waals surface area contributed by atoms with Gasteiger partial charge in [0.15, 0.2) is 11.5 Å². The van der Waals surface area contributed by atoms with Crippen molar-refractivity contribution in [3.63, 3.8) is 0 Å². The first-order valence-corrected chi connectivity index (χ1v) is 9.75. The number of hydroxylamine groups is 2. The molecular formula is C21H23F3N2O3. The van der Waals surface area contributed by atoms with Crippen molar-refractivity contribution in [3.8, 4) is 17.4 Å². The number of fused-ring (bicyclic) bond motifs is 2. The van der Waals surface area contributed by atoms with Crippen LogP contribution in [-0.4, -0.2) is 33.3 Å². The van der Waals surface area contributed by atoms with Crippen LogP contribution >= 0.6 is 0 Å². The van der Waals surface area contributed by atoms with Gasteiger partial charge in [0, 0.05) is 37.2 Å². The summed E-state index contributed by atoms with van der Waals surface area (Å²) in [5.74, 6) is 0.755. The average molecular weight is 408 g/mol. The second-order valence-electron chi connectivity index (χ2n) is 7.76. The van der Waals surface area contributed by atoms with Gasteiger partial charge in [-0.3, -0.25) is 0 Å². The lowest BCUT2D eigenvalue weighted by Crippen LogP contribution is -2.55. The van der Waals surface area contributed by atoms with E-state index in [0.717, 1.165) is 37.1 Å². The fourth-order valence-corrected chi connectivity index (χ4v) is 4.15. The van der Waals surface area contributed by atoms with Crippen LogP contribution in [0.5, 0.6) is 17.4 Å². The van der Waals surface area contributed by atoms with Gasteiger partial charge in [0.25, 0.3) is 0 Å². The maximum Gasteiger partial charge on any atom is 0.417 e. The zero-order valence-corrected chi connectivity index (χ0v) is 16.0. The molecule has 156 valence electrons. The quantitative estimate of drug-likeness (QED) is 0.782. The molecule has 2 aromatic rings. The van der Waals surface area contributed by atoms with Gasteiger partial charge in [0.2, 0.25) is 5.88 Å². The lowest BCUT2D eigenvalue weighted by atomic mass is 9.84. The van der Waals surface area contributed by atoms with Gasteiger partial charge in [-0.15, -0.1) is 5.06 Å². The van der Waals surface area contributed by atoms with Crippen molar-refractivity contribution in [1.29, 1.82) is 0 Å². The van der Waals surface area contributed by atoms with Crippen LogP contribution in [0.15, 0.2) is 36.5 Å². The molecule has 0 spiro atoms. The predicted octanol–water partition coefficient (Wildman–Crippen LogP) is 4.87. The first-order valence-electron chi connectivity index (χ1n) is 9.75. The average Bonchev–Trinajstić information content (AvgIpc) is 2.64. The van der Waals surface area contributed by atoms with E-state index >= 15 is 0 Å². The summed E-state index contributed by atoms with van der Waals surface area (Å²) in [6.07, 6.45) is 0.639. The summed E-state index contributed by atoms with van der Waals surface area (Å²) >= 11 is 0. The van der Waals surface area contributed by atoms with E-state index in [2.05, 4.69) is 4.98 Å². The fourth-order valence-electron chi connectivity index (χ4n) is 4.15. The van der Waals surface area contributed by atoms with Crippen LogP contribution in [0.3, 0.4) is 0 Å². The Bertz CT molecular complexity index is 843. The Morgan fingerprint density at radius 1 is 1.10 bits per heavy atom. The second-order valence-corrected chi connectivity index (χ2v) is 7.76. The lowest BCUT2D eigenvalue weighted by Gasteiger charge is -2.46. The van der Waals surface area contributed by atoms with E-state index < -0.39 is 11.7 Å². The van der Waals surface area contributed by atoms with Gasteiger partial charge < -0.3 is 14.7 Å². The molecular weight excluding hydrogens is 385 g/mol. The Hall–Kier alpha value is -2.48. The SMILES string of the molecule is Cc1ccc(OC2C[C@H]3CCC[C@@H](C2)N3Oc2ccc(C(F)(F)F)cn2)c(O)c1. The number of phenols is 1. The minimum atomic E-state index is -4.42. The van der Waals surface area contributed by atoms with E-state index in [1.165, 1.54) is 6.07 Å². The zero-order chi connectivity index (χ0) is 20.6. The number of nitrogens with zero attached hydrogens (tertiary/aromatic N) is 2. The monoisotopic (exact) mass is 408 g/mol. The number of hydrogen-bond donors (Lipinski definition) is 1. The Labute approximate surface area is 167 Å². The molecule has 29 heavy (non-hydrogen) atoms. The van der Waals surface area contributed by atoms with Crippen molar-refractivity contribution in [2.24, 2.45) is 0 Å². The summed E-state index contributed by atoms with van der Waals surface area (Å²) < 4.78 is 44.2. The first kappa shape index (κ1) is 19.8. The van der Waals surface area contributed by atoms with E-state index in [4.69, 9.17) is 9.57 Å². The number of piperidine rings is 2. The first-order chi connectivity index (χ1) is 13.8. The summed E-state index contributed by atoms with van der Waals surface area (Å²) in [5.41, 5.74) is 0.161. The molecule has 1 aromatic carbocycles. The molecule has 1 aromatic heterocycles. The number of benzene rings is 1. The molecule has 3 heterocycles. The molecule has 8 heteroatoms. The molecule has 5 nitrogen and oxygen atoms in total. The third-order valence-corrected chi connectivity index (χ3v) is 5.54. The van der Waals surface area contributed by atoms with Gasteiger partial charge in [0.05, 0.1) is 5.56 Å². The van der Waals surface area contributed by atoms with E-state index in [1.807, 2.05) is 18.1 Å². The van der Waals surface area contributed by atoms with Crippen LogP contribution in [0.1, 0.15) is 43.2 Å². The Kier molecular flexibility index (Phi) is 5.29. The number of aromatic nitrogens is 1. The molecule has 0 radical (unpaired) electrons. The third kappa shape index (κ3) is 4.42. The number of rotatable bonds is 4. The molecule has 1 unspecified atom stereocenters. The maximum absolute atomic E-state index is 12.7. The van der Waals surface area contributed by atoms with E-state index in [-0.39, 0.29) is 29.8 Å². The number of pyridine rings is 1. The summed E-state index contributed by atoms with van der Waals surface area (Å²) in [7, 11) is 0. The number of aryl methyl sites for hydroxylation is 1. The van der Waals surface area contributed by atoms with Crippen LogP contribution in [0.4, 0.5) is 13.2 Å². The summed E-state index contributed by atoms with van der Waals surface area (Å²) in [4.78, 5) is 9.70. The number of halogens is 3. The Morgan fingerprint density at radius 2 is 1.83 bits per heavy atom. The van der Waals surface area contributed by atoms with Gasteiger partial charge in [-0.25, -0.2) is 4.98 Å². The van der Waals surface area contributed by atoms with Crippen molar-refractivity contribution in [1.82, 2.24) is 10.0 Å². The van der Waals surface area contributed by atoms with Crippen molar-refractivity contribution < 1.29 is 27.9 Å². The van der Waals surface area contributed by atoms with Gasteiger partial charge in [-0.05, 0) is 43.5 Å². The Morgan fingerprint density at radius 3 is 2.41 bits per heavy atom. The maximum atomic E-state index is 12.7. The minimum absolute atomic E-state index is 0.0562. The number of ether oxygens (including phenoxy) is 1. The predicted molar refractivity (Wildman–Crippen MR) is 99.6 cm³/mol. The highest BCUT2D eigenvalue weighted by molar-refractivity contribution is 5.41. The number of alkyl halides is 3. The molecule has 2 saturated heterocycles. The highest BCUT2D eigenvalue weighted by atomic mass is 19.4. The highest BCUT2D eigenvalue weighted by Crippen LogP contribution is 2.38. The van der Waals surface area contributed by atoms with E-state index in [9.17, 15) is 18.3 Å². The normalized spacial score (nSPS) is 24.9. The molecule has 3 atom stereocenters. The van der Waals surface area contributed by atoms with Crippen LogP contribution in [0.25, 0.3) is 0 Å². The van der Waals surface area contributed by atoms with Crippen molar-refractivity contribution in [2.45, 2.75) is 63.4 Å². The summed E-state index contributed by atoms with van der Waals surface area (Å²) in [5, 5.41) is 12.0. The molecule has 2 aliphatic rings. The molecule has 1 N–H and O–H groups in total. The van der Waals surface area contributed by atoms with Crippen LogP contribution in [0.2, 0.25) is 0 Å². The number of hydrogen-bond acceptors (Lipinski definition) is 5. The molecule has 2 aliphatic heterocycles. The largest absolute Gasteiger partial charge is 0.504 e. The summed E-state index contributed by atoms with van der Waals surface area (Å²) in [6, 6.07) is 7.75. The topological polar surface area (TPSA) is 54.8 Å². The molecule has 0 saturated carbocycles. The lowest BCUT2D eigenvalue weighted by molar-refractivity contribution is -0.185. The van der Waals surface area contributed by atoms with Crippen LogP contribution in [0, 0.1) is 6.92 Å². The number of phenolic OH excluding ortho intramolecular Hbond substituents is 1. The molecule has 0 amide bonds. The molecule has 2 fully saturated rings. The zero-order valence-electron chi connectivity index (χ0n) is 16.0. The standard InChI is InChI=1S/C21H23F3N2O3/c1-13-5-7-19(18(27)9-13)28-17-10-15-3-2-4-16(11-17)26(15)29-20-8-6-14(12-25-20)21(22,23)24/h5-9,12,15-17,27H,2-4,10-11H2,1H3/t15-,16+,17?. The third-order valence-electron chi connectivity index (χ3n) is 5.54. The van der Waals surface area contributed by atoms with Gasteiger partial charge in [-0.1, -0.05) is 12.5 Å². The molecule has 0 aliphatic carbocycles. The highest BCUT2D eigenvalue weighted by Gasteiger charge is 2.41. The van der Waals surface area contributed by atoms with Gasteiger partial charge in [-0.2, -0.15) is 13.2 Å². The van der Waals surface area contributed by atoms with Crippen LogP contribution < -0.4 is 9.57 Å². The summed E-state index contributed by atoms with van der Waals surface area (Å²) in [6.45, 7) is 1.90. The van der Waals surface area contributed by atoms with Crippen molar-refractivity contribution in [3.05, 3.63) is 47.7 Å². The smallest absolute Gasteiger partial charge is 0.417 e. The van der Waals surface area contributed by atoms with Gasteiger partial charge >= 0.3 is 6.18 Å².